The van der Waals surface area contributed by atoms with E-state index in [1.54, 1.807) is 0 Å². The number of benzene rings is 6. The summed E-state index contributed by atoms with van der Waals surface area (Å²) in [5, 5.41) is 4.54. The van der Waals surface area contributed by atoms with E-state index < -0.39 is 9.84 Å². The lowest BCUT2D eigenvalue weighted by Gasteiger charge is -2.14. The van der Waals surface area contributed by atoms with Gasteiger partial charge in [0.15, 0.2) is 9.84 Å². The van der Waals surface area contributed by atoms with Crippen molar-refractivity contribution in [3.05, 3.63) is 139 Å². The Morgan fingerprint density at radius 2 is 1.14 bits per heavy atom. The molecule has 0 fully saturated rings. The molecule has 0 spiro atoms. The zero-order valence-electron chi connectivity index (χ0n) is 23.1. The van der Waals surface area contributed by atoms with E-state index in [2.05, 4.69) is 89.5 Å². The molecule has 6 aromatic carbocycles. The predicted molar refractivity (Wildman–Crippen MR) is 175 cm³/mol. The highest BCUT2D eigenvalue weighted by molar-refractivity contribution is 7.89. The second-order valence-corrected chi connectivity index (χ2v) is 13.5. The smallest absolute Gasteiger partial charge is 0.158 e. The van der Waals surface area contributed by atoms with Crippen LogP contribution in [0.1, 0.15) is 11.1 Å². The summed E-state index contributed by atoms with van der Waals surface area (Å²) in [6.45, 7) is 0. The molecule has 5 heteroatoms. The van der Waals surface area contributed by atoms with Gasteiger partial charge in [-0.3, -0.25) is 0 Å². The molecule has 1 aliphatic heterocycles. The zero-order chi connectivity index (χ0) is 28.7. The molecule has 0 unspecified atom stereocenters. The Morgan fingerprint density at radius 3 is 1.93 bits per heavy atom. The van der Waals surface area contributed by atoms with Crippen LogP contribution in [0, 0.1) is 0 Å². The summed E-state index contributed by atoms with van der Waals surface area (Å²) >= 11 is 0. The Bertz CT molecular complexity index is 2480. The lowest BCUT2D eigenvalue weighted by Crippen LogP contribution is -2.06. The number of rotatable bonds is 2. The Morgan fingerprint density at radius 1 is 0.512 bits per heavy atom. The number of nitrogens with zero attached hydrogens (tertiary/aromatic N) is 1. The van der Waals surface area contributed by atoms with Crippen LogP contribution in [0.2, 0.25) is 0 Å². The van der Waals surface area contributed by atoms with E-state index in [9.17, 15) is 8.42 Å². The number of furan rings is 1. The minimum Gasteiger partial charge on any atom is -0.456 e. The van der Waals surface area contributed by atoms with Crippen LogP contribution in [0.25, 0.3) is 71.7 Å². The first-order chi connectivity index (χ1) is 21.0. The van der Waals surface area contributed by atoms with E-state index in [-0.39, 0.29) is 11.5 Å². The van der Waals surface area contributed by atoms with Crippen molar-refractivity contribution in [1.82, 2.24) is 4.57 Å². The van der Waals surface area contributed by atoms with Gasteiger partial charge in [0.1, 0.15) is 11.2 Å². The molecule has 2 aromatic heterocycles. The van der Waals surface area contributed by atoms with Gasteiger partial charge in [0.25, 0.3) is 0 Å². The molecule has 4 nitrogen and oxygen atoms in total. The largest absolute Gasteiger partial charge is 0.456 e. The first-order valence-electron chi connectivity index (χ1n) is 14.4. The van der Waals surface area contributed by atoms with Gasteiger partial charge < -0.3 is 8.98 Å². The maximum absolute atomic E-state index is 13.4. The summed E-state index contributed by atoms with van der Waals surface area (Å²) in [6, 6.07) is 43.5. The van der Waals surface area contributed by atoms with Crippen LogP contribution in [0.4, 0.5) is 0 Å². The summed E-state index contributed by atoms with van der Waals surface area (Å²) in [5.74, 6) is 0.0207. The SMILES string of the molecule is O=S1(=O)Cc2cc(-n3c4ccccc4c4ccccc43)ccc2-c2cc(-c3ccc4c(c3)oc3ccccc34)ccc2C1. The lowest BCUT2D eigenvalue weighted by atomic mass is 9.92. The lowest BCUT2D eigenvalue weighted by molar-refractivity contribution is 0.595. The standard InChI is InChI=1S/C38H25NO3S/c40-43(41)22-26-14-13-24(25-15-17-33-32-9-3-6-12-37(32)42-38(33)21-25)20-34(26)29-18-16-28(19-27(29)23-43)39-35-10-4-1-7-30(35)31-8-2-5-11-36(31)39/h1-21H,22-23H2. The molecule has 8 aromatic rings. The second kappa shape index (κ2) is 8.93. The average Bonchev–Trinajstić information content (AvgIpc) is 3.53. The van der Waals surface area contributed by atoms with Gasteiger partial charge in [-0.15, -0.1) is 0 Å². The van der Waals surface area contributed by atoms with Crippen molar-refractivity contribution in [2.24, 2.45) is 0 Å². The highest BCUT2D eigenvalue weighted by atomic mass is 32.2. The molecule has 0 amide bonds. The highest BCUT2D eigenvalue weighted by Crippen LogP contribution is 2.40. The van der Waals surface area contributed by atoms with Gasteiger partial charge in [-0.05, 0) is 81.9 Å². The van der Waals surface area contributed by atoms with Crippen molar-refractivity contribution in [2.45, 2.75) is 11.5 Å². The van der Waals surface area contributed by atoms with Crippen molar-refractivity contribution in [3.8, 4) is 27.9 Å². The molecule has 0 bridgehead atoms. The quantitative estimate of drug-likeness (QED) is 0.206. The molecular weight excluding hydrogens is 550 g/mol. The van der Waals surface area contributed by atoms with Crippen LogP contribution in [-0.4, -0.2) is 13.0 Å². The Balaban J connectivity index is 1.22. The molecule has 0 N–H and O–H groups in total. The van der Waals surface area contributed by atoms with Crippen LogP contribution in [0.5, 0.6) is 0 Å². The molecule has 0 saturated heterocycles. The minimum absolute atomic E-state index is 0.00225. The first-order valence-corrected chi connectivity index (χ1v) is 16.2. The molecule has 1 aliphatic rings. The van der Waals surface area contributed by atoms with Crippen molar-refractivity contribution in [1.29, 1.82) is 0 Å². The van der Waals surface area contributed by atoms with Crippen molar-refractivity contribution in [3.63, 3.8) is 0 Å². The van der Waals surface area contributed by atoms with E-state index in [1.165, 1.54) is 10.8 Å². The van der Waals surface area contributed by atoms with Crippen LogP contribution < -0.4 is 0 Å². The van der Waals surface area contributed by atoms with E-state index >= 15 is 0 Å². The van der Waals surface area contributed by atoms with Crippen molar-refractivity contribution >= 4 is 53.6 Å². The molecule has 9 rings (SSSR count). The van der Waals surface area contributed by atoms with Gasteiger partial charge in [0, 0.05) is 27.2 Å². The maximum atomic E-state index is 13.4. The predicted octanol–water partition coefficient (Wildman–Crippen LogP) is 9.45. The molecule has 3 heterocycles. The van der Waals surface area contributed by atoms with Gasteiger partial charge in [-0.25, -0.2) is 8.42 Å². The van der Waals surface area contributed by atoms with Gasteiger partial charge in [0.05, 0.1) is 22.5 Å². The summed E-state index contributed by atoms with van der Waals surface area (Å²) in [4.78, 5) is 0. The highest BCUT2D eigenvalue weighted by Gasteiger charge is 2.25. The maximum Gasteiger partial charge on any atom is 0.158 e. The van der Waals surface area contributed by atoms with Crippen LogP contribution in [0.15, 0.2) is 132 Å². The molecule has 0 saturated carbocycles. The second-order valence-electron chi connectivity index (χ2n) is 11.4. The van der Waals surface area contributed by atoms with Gasteiger partial charge in [0.2, 0.25) is 0 Å². The van der Waals surface area contributed by atoms with Crippen molar-refractivity contribution in [2.75, 3.05) is 0 Å². The fourth-order valence-corrected chi connectivity index (χ4v) is 8.41. The van der Waals surface area contributed by atoms with E-state index in [1.807, 2.05) is 42.5 Å². The van der Waals surface area contributed by atoms with Gasteiger partial charge in [-0.1, -0.05) is 78.9 Å². The van der Waals surface area contributed by atoms with E-state index in [0.717, 1.165) is 72.0 Å². The topological polar surface area (TPSA) is 52.2 Å². The number of para-hydroxylation sites is 3. The third-order valence-electron chi connectivity index (χ3n) is 8.79. The molecule has 43 heavy (non-hydrogen) atoms. The molecule has 206 valence electrons. The Hall–Kier alpha value is -5.13. The Kier molecular flexibility index (Phi) is 5.08. The van der Waals surface area contributed by atoms with Gasteiger partial charge in [-0.2, -0.15) is 0 Å². The molecule has 0 radical (unpaired) electrons. The number of fused-ring (bicyclic) bond motifs is 9. The normalized spacial score (nSPS) is 14.2. The third kappa shape index (κ3) is 3.78. The third-order valence-corrected chi connectivity index (χ3v) is 10.3. The van der Waals surface area contributed by atoms with Crippen molar-refractivity contribution < 1.29 is 12.8 Å². The number of hydrogen-bond donors (Lipinski definition) is 0. The fraction of sp³-hybridized carbons (Fsp3) is 0.0526. The van der Waals surface area contributed by atoms with E-state index in [4.69, 9.17) is 4.42 Å². The molecule has 0 atom stereocenters. The number of sulfone groups is 1. The fourth-order valence-electron chi connectivity index (χ4n) is 6.87. The zero-order valence-corrected chi connectivity index (χ0v) is 23.9. The summed E-state index contributed by atoms with van der Waals surface area (Å²) in [6.07, 6.45) is 0. The number of aromatic nitrogens is 1. The summed E-state index contributed by atoms with van der Waals surface area (Å²) in [5.41, 5.74) is 10.5. The molecular formula is C38H25NO3S. The summed E-state index contributed by atoms with van der Waals surface area (Å²) < 4.78 is 35.2. The first kappa shape index (κ1) is 24.5. The van der Waals surface area contributed by atoms with Crippen LogP contribution >= 0.6 is 0 Å². The van der Waals surface area contributed by atoms with Crippen LogP contribution in [-0.2, 0) is 21.3 Å². The monoisotopic (exact) mass is 575 g/mol. The molecule has 0 aliphatic carbocycles. The Labute approximate surface area is 248 Å². The average molecular weight is 576 g/mol. The van der Waals surface area contributed by atoms with Gasteiger partial charge >= 0.3 is 0 Å². The minimum atomic E-state index is -3.36. The summed E-state index contributed by atoms with van der Waals surface area (Å²) in [7, 11) is -3.36. The van der Waals surface area contributed by atoms with Crippen LogP contribution in [0.3, 0.4) is 0 Å². The number of hydrogen-bond acceptors (Lipinski definition) is 3. The van der Waals surface area contributed by atoms with E-state index in [0.29, 0.717) is 0 Å².